The molecule has 1 fully saturated rings. The van der Waals surface area contributed by atoms with Crippen LogP contribution in [0.15, 0.2) is 53.1 Å². The van der Waals surface area contributed by atoms with Crippen molar-refractivity contribution in [3.63, 3.8) is 0 Å². The Morgan fingerprint density at radius 3 is 2.34 bits per heavy atom. The number of nitrogens with zero attached hydrogens (tertiary/aromatic N) is 2. The van der Waals surface area contributed by atoms with Crippen molar-refractivity contribution in [1.82, 2.24) is 9.80 Å². The summed E-state index contributed by atoms with van der Waals surface area (Å²) < 4.78 is 5.48. The first kappa shape index (κ1) is 21.2. The molecule has 0 unspecified atom stereocenters. The maximum Gasteiger partial charge on any atom is 0.242 e. The van der Waals surface area contributed by atoms with Crippen molar-refractivity contribution in [2.75, 3.05) is 13.1 Å². The molecule has 3 rings (SSSR count). The van der Waals surface area contributed by atoms with Crippen LogP contribution in [-0.2, 0) is 22.6 Å². The molecule has 1 heterocycles. The molecule has 29 heavy (non-hydrogen) atoms. The number of benzene rings is 1. The normalized spacial score (nSPS) is 14.3. The Kier molecular flexibility index (Phi) is 6.78. The lowest BCUT2D eigenvalue weighted by atomic mass is 9.83. The van der Waals surface area contributed by atoms with Gasteiger partial charge in [-0.3, -0.25) is 9.59 Å². The molecule has 1 saturated carbocycles. The van der Waals surface area contributed by atoms with E-state index in [2.05, 4.69) is 12.1 Å². The minimum Gasteiger partial charge on any atom is -0.467 e. The molecule has 2 aromatic rings. The van der Waals surface area contributed by atoms with E-state index in [4.69, 9.17) is 4.42 Å². The summed E-state index contributed by atoms with van der Waals surface area (Å²) in [5, 5.41) is 0. The van der Waals surface area contributed by atoms with Crippen LogP contribution in [0.2, 0.25) is 0 Å². The maximum absolute atomic E-state index is 13.3. The number of hydrogen-bond donors (Lipinski definition) is 0. The number of hydrogen-bond acceptors (Lipinski definition) is 3. The first-order valence-corrected chi connectivity index (χ1v) is 10.5. The van der Waals surface area contributed by atoms with Crippen molar-refractivity contribution in [1.29, 1.82) is 0 Å². The Morgan fingerprint density at radius 2 is 1.79 bits per heavy atom. The van der Waals surface area contributed by atoms with Gasteiger partial charge in [0.05, 0.1) is 12.8 Å². The topological polar surface area (TPSA) is 53.8 Å². The van der Waals surface area contributed by atoms with Crippen LogP contribution in [0.5, 0.6) is 0 Å². The van der Waals surface area contributed by atoms with Gasteiger partial charge in [0.1, 0.15) is 12.3 Å². The van der Waals surface area contributed by atoms with E-state index >= 15 is 0 Å². The third-order valence-electron chi connectivity index (χ3n) is 5.62. The van der Waals surface area contributed by atoms with Gasteiger partial charge in [-0.2, -0.15) is 0 Å². The number of carbonyl (C=O) groups is 2. The van der Waals surface area contributed by atoms with Gasteiger partial charge < -0.3 is 14.2 Å². The second kappa shape index (κ2) is 9.29. The molecule has 0 N–H and O–H groups in total. The average Bonchev–Trinajstić information content (AvgIpc) is 3.14. The minimum absolute atomic E-state index is 0.0417. The van der Waals surface area contributed by atoms with Gasteiger partial charge in [0, 0.05) is 18.0 Å². The van der Waals surface area contributed by atoms with Gasteiger partial charge in [0.25, 0.3) is 0 Å². The van der Waals surface area contributed by atoms with Crippen molar-refractivity contribution < 1.29 is 14.0 Å². The Balaban J connectivity index is 1.71. The van der Waals surface area contributed by atoms with Crippen LogP contribution in [0.4, 0.5) is 0 Å². The van der Waals surface area contributed by atoms with Gasteiger partial charge in [0.2, 0.25) is 11.8 Å². The van der Waals surface area contributed by atoms with Crippen molar-refractivity contribution in [2.45, 2.75) is 58.5 Å². The molecule has 0 bridgehead atoms. The van der Waals surface area contributed by atoms with E-state index < -0.39 is 5.54 Å². The summed E-state index contributed by atoms with van der Waals surface area (Å²) in [6, 6.07) is 13.8. The van der Waals surface area contributed by atoms with E-state index in [1.54, 1.807) is 16.1 Å². The molecule has 5 heteroatoms. The zero-order valence-corrected chi connectivity index (χ0v) is 17.8. The summed E-state index contributed by atoms with van der Waals surface area (Å²) in [7, 11) is 0. The summed E-state index contributed by atoms with van der Waals surface area (Å²) in [4.78, 5) is 29.8. The molecular weight excluding hydrogens is 364 g/mol. The fourth-order valence-electron chi connectivity index (χ4n) is 3.55. The van der Waals surface area contributed by atoms with Gasteiger partial charge in [-0.25, -0.2) is 0 Å². The summed E-state index contributed by atoms with van der Waals surface area (Å²) in [5.74, 6) is 0.891. The van der Waals surface area contributed by atoms with Crippen LogP contribution in [0.3, 0.4) is 0 Å². The van der Waals surface area contributed by atoms with E-state index in [-0.39, 0.29) is 24.3 Å². The Morgan fingerprint density at radius 1 is 1.07 bits per heavy atom. The molecule has 5 nitrogen and oxygen atoms in total. The predicted molar refractivity (Wildman–Crippen MR) is 113 cm³/mol. The number of rotatable bonds is 8. The van der Waals surface area contributed by atoms with E-state index in [1.165, 1.54) is 5.56 Å². The number of furan rings is 1. The van der Waals surface area contributed by atoms with Crippen molar-refractivity contribution in [2.24, 2.45) is 5.92 Å². The summed E-state index contributed by atoms with van der Waals surface area (Å²) in [6.45, 7) is 7.09. The van der Waals surface area contributed by atoms with Gasteiger partial charge in [0.15, 0.2) is 0 Å². The fourth-order valence-corrected chi connectivity index (χ4v) is 3.55. The van der Waals surface area contributed by atoms with E-state index in [1.807, 2.05) is 51.1 Å². The highest BCUT2D eigenvalue weighted by atomic mass is 16.3. The molecule has 2 amide bonds. The van der Waals surface area contributed by atoms with Crippen molar-refractivity contribution >= 4 is 11.8 Å². The average molecular weight is 397 g/mol. The van der Waals surface area contributed by atoms with Crippen LogP contribution in [0.25, 0.3) is 0 Å². The van der Waals surface area contributed by atoms with Crippen LogP contribution in [-0.4, -0.2) is 40.2 Å². The summed E-state index contributed by atoms with van der Waals surface area (Å²) in [5.41, 5.74) is 0.793. The second-order valence-corrected chi connectivity index (χ2v) is 8.85. The monoisotopic (exact) mass is 396 g/mol. The maximum atomic E-state index is 13.3. The zero-order valence-electron chi connectivity index (χ0n) is 17.8. The molecule has 0 aliphatic heterocycles. The standard InChI is InChI=1S/C24H32N2O3/c1-24(2,3)26(23(28)20-11-7-12-20)18-22(27)25(17-21-13-8-16-29-21)15-14-19-9-5-4-6-10-19/h4-6,8-10,13,16,20H,7,11-12,14-15,17-18H2,1-3H3. The van der Waals surface area contributed by atoms with Crippen LogP contribution in [0.1, 0.15) is 51.4 Å². The van der Waals surface area contributed by atoms with Crippen molar-refractivity contribution in [3.05, 3.63) is 60.1 Å². The second-order valence-electron chi connectivity index (χ2n) is 8.85. The quantitative estimate of drug-likeness (QED) is 0.669. The number of amides is 2. The lowest BCUT2D eigenvalue weighted by Gasteiger charge is -2.40. The molecule has 1 aliphatic rings. The molecule has 1 aliphatic carbocycles. The summed E-state index contributed by atoms with van der Waals surface area (Å²) >= 11 is 0. The van der Waals surface area contributed by atoms with Gasteiger partial charge in [-0.15, -0.1) is 0 Å². The largest absolute Gasteiger partial charge is 0.467 e. The molecule has 156 valence electrons. The molecule has 0 spiro atoms. The Bertz CT molecular complexity index is 789. The Hall–Kier alpha value is -2.56. The van der Waals surface area contributed by atoms with E-state index in [0.29, 0.717) is 13.1 Å². The highest BCUT2D eigenvalue weighted by Crippen LogP contribution is 2.30. The van der Waals surface area contributed by atoms with Crippen LogP contribution in [0, 0.1) is 5.92 Å². The van der Waals surface area contributed by atoms with Crippen LogP contribution >= 0.6 is 0 Å². The molecular formula is C24H32N2O3. The lowest BCUT2D eigenvalue weighted by molar-refractivity contribution is -0.149. The number of carbonyl (C=O) groups excluding carboxylic acids is 2. The van der Waals surface area contributed by atoms with Crippen LogP contribution < -0.4 is 0 Å². The zero-order chi connectivity index (χ0) is 20.9. The van der Waals surface area contributed by atoms with E-state index in [0.717, 1.165) is 31.4 Å². The fraction of sp³-hybridized carbons (Fsp3) is 0.500. The highest BCUT2D eigenvalue weighted by molar-refractivity contribution is 5.87. The van der Waals surface area contributed by atoms with Crippen molar-refractivity contribution in [3.8, 4) is 0 Å². The molecule has 0 radical (unpaired) electrons. The first-order chi connectivity index (χ1) is 13.8. The Labute approximate surface area is 173 Å². The first-order valence-electron chi connectivity index (χ1n) is 10.5. The minimum atomic E-state index is -0.391. The van der Waals surface area contributed by atoms with Gasteiger partial charge in [-0.1, -0.05) is 36.8 Å². The summed E-state index contributed by atoms with van der Waals surface area (Å²) in [6.07, 6.45) is 5.35. The SMILES string of the molecule is CC(C)(C)N(CC(=O)N(CCc1ccccc1)Cc1ccco1)C(=O)C1CCC1. The molecule has 0 saturated heterocycles. The molecule has 1 aromatic heterocycles. The third kappa shape index (κ3) is 5.72. The predicted octanol–water partition coefficient (Wildman–Crippen LogP) is 4.28. The third-order valence-corrected chi connectivity index (χ3v) is 5.62. The molecule has 0 atom stereocenters. The van der Waals surface area contributed by atoms with E-state index in [9.17, 15) is 9.59 Å². The lowest BCUT2D eigenvalue weighted by Crippen LogP contribution is -2.53. The van der Waals surface area contributed by atoms with Gasteiger partial charge in [-0.05, 0) is 57.7 Å². The highest BCUT2D eigenvalue weighted by Gasteiger charge is 2.36. The smallest absolute Gasteiger partial charge is 0.242 e. The molecule has 1 aromatic carbocycles. The van der Waals surface area contributed by atoms with Gasteiger partial charge >= 0.3 is 0 Å².